The van der Waals surface area contributed by atoms with Crippen molar-refractivity contribution in [1.82, 2.24) is 15.1 Å². The van der Waals surface area contributed by atoms with E-state index in [0.29, 0.717) is 30.7 Å². The standard InChI is InChI=1S/C22H27ClN4O4S/c1-26-10-6-15(7-11-26)21(29)27-13-18(32(30,31)17-4-2-16(23)3-5-17)12-19(27)20(28)25-22(14-24)8-9-22/h2-5,15,18-19H,6-13H2,1H3,(H,25,28)/t18-,19+/m1/s1. The van der Waals surface area contributed by atoms with Gasteiger partial charge in [-0.15, -0.1) is 0 Å². The van der Waals surface area contributed by atoms with Crippen LogP contribution in [-0.2, 0) is 19.4 Å². The topological polar surface area (TPSA) is 111 Å². The maximum Gasteiger partial charge on any atom is 0.244 e. The number of hydrogen-bond acceptors (Lipinski definition) is 6. The monoisotopic (exact) mass is 478 g/mol. The molecular formula is C22H27ClN4O4S. The summed E-state index contributed by atoms with van der Waals surface area (Å²) in [6.45, 7) is 1.53. The Morgan fingerprint density at radius 3 is 2.38 bits per heavy atom. The van der Waals surface area contributed by atoms with E-state index >= 15 is 0 Å². The Bertz CT molecular complexity index is 1040. The summed E-state index contributed by atoms with van der Waals surface area (Å²) in [6, 6.07) is 7.14. The van der Waals surface area contributed by atoms with Crippen LogP contribution in [0, 0.1) is 17.2 Å². The van der Waals surface area contributed by atoms with Crippen molar-refractivity contribution in [3.8, 4) is 6.07 Å². The van der Waals surface area contributed by atoms with Crippen LogP contribution in [0.1, 0.15) is 32.1 Å². The van der Waals surface area contributed by atoms with Crippen LogP contribution in [0.5, 0.6) is 0 Å². The minimum absolute atomic E-state index is 0.0106. The summed E-state index contributed by atoms with van der Waals surface area (Å²) in [5.74, 6) is -0.850. The van der Waals surface area contributed by atoms with E-state index in [4.69, 9.17) is 11.6 Å². The molecule has 2 saturated heterocycles. The average Bonchev–Trinajstić information content (AvgIpc) is 3.39. The third-order valence-electron chi connectivity index (χ3n) is 6.82. The summed E-state index contributed by atoms with van der Waals surface area (Å²) in [4.78, 5) is 30.2. The number of benzene rings is 1. The summed E-state index contributed by atoms with van der Waals surface area (Å²) < 4.78 is 26.6. The van der Waals surface area contributed by atoms with Crippen molar-refractivity contribution in [2.24, 2.45) is 5.92 Å². The quantitative estimate of drug-likeness (QED) is 0.688. The fourth-order valence-corrected chi connectivity index (χ4v) is 6.35. The van der Waals surface area contributed by atoms with Gasteiger partial charge in [0, 0.05) is 17.5 Å². The van der Waals surface area contributed by atoms with E-state index in [0.717, 1.165) is 13.1 Å². The molecule has 32 heavy (non-hydrogen) atoms. The SMILES string of the molecule is CN1CCC(C(=O)N2C[C@H](S(=O)(=O)c3ccc(Cl)cc3)C[C@H]2C(=O)NC2(C#N)CC2)CC1. The van der Waals surface area contributed by atoms with Crippen molar-refractivity contribution in [1.29, 1.82) is 5.26 Å². The number of piperidine rings is 1. The molecule has 1 aromatic carbocycles. The molecule has 1 N–H and O–H groups in total. The first kappa shape index (κ1) is 23.0. The Morgan fingerprint density at radius 2 is 1.81 bits per heavy atom. The van der Waals surface area contributed by atoms with Crippen LogP contribution >= 0.6 is 11.6 Å². The van der Waals surface area contributed by atoms with E-state index in [1.807, 2.05) is 7.05 Å². The van der Waals surface area contributed by atoms with Gasteiger partial charge in [-0.1, -0.05) is 11.6 Å². The number of carbonyl (C=O) groups excluding carboxylic acids is 2. The lowest BCUT2D eigenvalue weighted by atomic mass is 9.95. The molecule has 2 heterocycles. The van der Waals surface area contributed by atoms with Gasteiger partial charge in [0.1, 0.15) is 11.6 Å². The molecule has 2 aliphatic heterocycles. The van der Waals surface area contributed by atoms with Crippen molar-refractivity contribution in [3.05, 3.63) is 29.3 Å². The van der Waals surface area contributed by atoms with Gasteiger partial charge in [0.25, 0.3) is 0 Å². The summed E-state index contributed by atoms with van der Waals surface area (Å²) in [5, 5.41) is 11.6. The number of carbonyl (C=O) groups is 2. The fourth-order valence-electron chi connectivity index (χ4n) is 4.53. The predicted molar refractivity (Wildman–Crippen MR) is 118 cm³/mol. The average molecular weight is 479 g/mol. The van der Waals surface area contributed by atoms with Crippen LogP contribution < -0.4 is 5.32 Å². The molecule has 2 amide bonds. The Kier molecular flexibility index (Phi) is 6.23. The number of hydrogen-bond donors (Lipinski definition) is 1. The Balaban J connectivity index is 1.58. The molecule has 0 aromatic heterocycles. The zero-order valence-corrected chi connectivity index (χ0v) is 19.5. The number of nitriles is 1. The molecule has 3 aliphatic rings. The molecule has 1 saturated carbocycles. The zero-order chi connectivity index (χ0) is 23.1. The smallest absolute Gasteiger partial charge is 0.244 e. The van der Waals surface area contributed by atoms with E-state index in [2.05, 4.69) is 16.3 Å². The highest BCUT2D eigenvalue weighted by Gasteiger charge is 2.51. The van der Waals surface area contributed by atoms with Crippen molar-refractivity contribution in [2.75, 3.05) is 26.7 Å². The number of likely N-dealkylation sites (tertiary alicyclic amines) is 2. The first-order chi connectivity index (χ1) is 15.1. The highest BCUT2D eigenvalue weighted by Crippen LogP contribution is 2.36. The molecule has 3 fully saturated rings. The van der Waals surface area contributed by atoms with Crippen molar-refractivity contribution >= 4 is 33.3 Å². The van der Waals surface area contributed by atoms with Crippen LogP contribution in [0.25, 0.3) is 0 Å². The molecule has 0 bridgehead atoms. The van der Waals surface area contributed by atoms with Crippen LogP contribution in [-0.4, -0.2) is 73.5 Å². The first-order valence-electron chi connectivity index (χ1n) is 10.9. The molecule has 1 aliphatic carbocycles. The van der Waals surface area contributed by atoms with E-state index in [1.54, 1.807) is 0 Å². The van der Waals surface area contributed by atoms with E-state index in [9.17, 15) is 23.3 Å². The molecule has 172 valence electrons. The number of sulfone groups is 1. The van der Waals surface area contributed by atoms with E-state index in [-0.39, 0.29) is 29.7 Å². The van der Waals surface area contributed by atoms with Crippen LogP contribution in [0.15, 0.2) is 29.2 Å². The highest BCUT2D eigenvalue weighted by molar-refractivity contribution is 7.92. The maximum absolute atomic E-state index is 13.4. The number of halogens is 1. The normalized spacial score (nSPS) is 25.8. The first-order valence-corrected chi connectivity index (χ1v) is 12.8. The Labute approximate surface area is 193 Å². The molecule has 0 spiro atoms. The van der Waals surface area contributed by atoms with Crippen molar-refractivity contribution in [2.45, 2.75) is 53.8 Å². The zero-order valence-electron chi connectivity index (χ0n) is 18.0. The second kappa shape index (κ2) is 8.65. The third kappa shape index (κ3) is 4.49. The van der Waals surface area contributed by atoms with Crippen LogP contribution in [0.3, 0.4) is 0 Å². The molecular weight excluding hydrogens is 452 g/mol. The molecule has 1 aromatic rings. The van der Waals surface area contributed by atoms with Crippen LogP contribution in [0.2, 0.25) is 5.02 Å². The number of nitrogens with zero attached hydrogens (tertiary/aromatic N) is 3. The Morgan fingerprint density at radius 1 is 1.19 bits per heavy atom. The number of amides is 2. The second-order valence-corrected chi connectivity index (χ2v) is 11.8. The van der Waals surface area contributed by atoms with E-state index in [1.165, 1.54) is 29.2 Å². The molecule has 0 unspecified atom stereocenters. The largest absolute Gasteiger partial charge is 0.336 e. The van der Waals surface area contributed by atoms with Gasteiger partial charge < -0.3 is 15.1 Å². The molecule has 0 radical (unpaired) electrons. The number of nitrogens with one attached hydrogen (secondary N) is 1. The maximum atomic E-state index is 13.4. The molecule has 10 heteroatoms. The lowest BCUT2D eigenvalue weighted by molar-refractivity contribution is -0.142. The van der Waals surface area contributed by atoms with Gasteiger partial charge in [-0.05, 0) is 76.5 Å². The van der Waals surface area contributed by atoms with Gasteiger partial charge in [0.15, 0.2) is 9.84 Å². The van der Waals surface area contributed by atoms with Crippen molar-refractivity contribution < 1.29 is 18.0 Å². The molecule has 2 atom stereocenters. The summed E-state index contributed by atoms with van der Waals surface area (Å²) in [5.41, 5.74) is -0.882. The van der Waals surface area contributed by atoms with Crippen molar-refractivity contribution in [3.63, 3.8) is 0 Å². The van der Waals surface area contributed by atoms with Crippen LogP contribution in [0.4, 0.5) is 0 Å². The van der Waals surface area contributed by atoms with Gasteiger partial charge in [0.05, 0.1) is 16.2 Å². The van der Waals surface area contributed by atoms with Gasteiger partial charge in [-0.3, -0.25) is 9.59 Å². The van der Waals surface area contributed by atoms with Gasteiger partial charge >= 0.3 is 0 Å². The lowest BCUT2D eigenvalue weighted by Crippen LogP contribution is -2.51. The highest BCUT2D eigenvalue weighted by atomic mass is 35.5. The predicted octanol–water partition coefficient (Wildman–Crippen LogP) is 1.60. The minimum Gasteiger partial charge on any atom is -0.336 e. The van der Waals surface area contributed by atoms with Gasteiger partial charge in [-0.2, -0.15) is 5.26 Å². The van der Waals surface area contributed by atoms with E-state index < -0.39 is 32.6 Å². The lowest BCUT2D eigenvalue weighted by Gasteiger charge is -2.33. The number of rotatable bonds is 5. The summed E-state index contributed by atoms with van der Waals surface area (Å²) in [6.07, 6.45) is 2.50. The fraction of sp³-hybridized carbons (Fsp3) is 0.591. The summed E-state index contributed by atoms with van der Waals surface area (Å²) in [7, 11) is -1.77. The minimum atomic E-state index is -3.77. The molecule has 8 nitrogen and oxygen atoms in total. The van der Waals surface area contributed by atoms with Gasteiger partial charge in [-0.25, -0.2) is 8.42 Å². The second-order valence-electron chi connectivity index (χ2n) is 9.12. The molecule has 4 rings (SSSR count). The Hall–Kier alpha value is -2.15. The summed E-state index contributed by atoms with van der Waals surface area (Å²) >= 11 is 5.90. The van der Waals surface area contributed by atoms with Gasteiger partial charge in [0.2, 0.25) is 11.8 Å². The third-order valence-corrected chi connectivity index (χ3v) is 9.22.